The maximum Gasteiger partial charge on any atom is 0.335 e. The third kappa shape index (κ3) is 3.28. The molecule has 4 rings (SSSR count). The van der Waals surface area contributed by atoms with Gasteiger partial charge >= 0.3 is 11.7 Å². The number of nitrogens with one attached hydrogen (secondary N) is 1. The molecule has 1 atom stereocenters. The number of fused-ring (bicyclic) bond motifs is 1. The van der Waals surface area contributed by atoms with E-state index in [4.69, 9.17) is 0 Å². The number of carbonyl (C=O) groups excluding carboxylic acids is 1. The van der Waals surface area contributed by atoms with E-state index in [9.17, 15) is 19.5 Å². The maximum absolute atomic E-state index is 13.1. The van der Waals surface area contributed by atoms with Gasteiger partial charge in [-0.05, 0) is 56.0 Å². The van der Waals surface area contributed by atoms with Crippen molar-refractivity contribution in [3.8, 4) is 0 Å². The molecule has 0 radical (unpaired) electrons. The lowest BCUT2D eigenvalue weighted by molar-refractivity contribution is -0.118. The number of carbonyl (C=O) groups is 2. The number of amides is 1. The van der Waals surface area contributed by atoms with Gasteiger partial charge in [0.25, 0.3) is 0 Å². The van der Waals surface area contributed by atoms with Crippen LogP contribution in [-0.4, -0.2) is 31.1 Å². The monoisotopic (exact) mass is 380 g/mol. The number of hydrogen-bond donors (Lipinski definition) is 2. The minimum atomic E-state index is -1.08. The van der Waals surface area contributed by atoms with Crippen molar-refractivity contribution in [2.45, 2.75) is 32.4 Å². The second kappa shape index (κ2) is 6.95. The van der Waals surface area contributed by atoms with Crippen molar-refractivity contribution in [2.24, 2.45) is 5.92 Å². The summed E-state index contributed by atoms with van der Waals surface area (Å²) in [4.78, 5) is 41.3. The second-order valence-electron chi connectivity index (χ2n) is 7.10. The van der Waals surface area contributed by atoms with Gasteiger partial charge in [-0.3, -0.25) is 13.9 Å². The second-order valence-corrected chi connectivity index (χ2v) is 7.10. The van der Waals surface area contributed by atoms with Gasteiger partial charge in [-0.15, -0.1) is 0 Å². The Labute approximate surface area is 160 Å². The molecule has 1 aliphatic carbocycles. The van der Waals surface area contributed by atoms with Gasteiger partial charge in [-0.1, -0.05) is 6.07 Å². The Morgan fingerprint density at radius 1 is 1.25 bits per heavy atom. The molecule has 1 aliphatic rings. The molecule has 28 heavy (non-hydrogen) atoms. The molecule has 3 aromatic rings. The number of carboxylic acids is 1. The highest BCUT2D eigenvalue weighted by Crippen LogP contribution is 2.31. The van der Waals surface area contributed by atoms with Gasteiger partial charge in [0.2, 0.25) is 5.91 Å². The van der Waals surface area contributed by atoms with E-state index in [0.29, 0.717) is 29.3 Å². The van der Waals surface area contributed by atoms with E-state index >= 15 is 0 Å². The van der Waals surface area contributed by atoms with Crippen molar-refractivity contribution in [3.63, 3.8) is 0 Å². The Morgan fingerprint density at radius 2 is 2.04 bits per heavy atom. The van der Waals surface area contributed by atoms with E-state index in [1.807, 2.05) is 0 Å². The van der Waals surface area contributed by atoms with Gasteiger partial charge in [0.05, 0.1) is 16.6 Å². The number of anilines is 1. The number of aromatic nitrogens is 3. The SMILES string of the molecule is C[C@H](C(=O)Nc1ccccn1)n1c(=O)n(CC2CC2)c2ccc(C(=O)O)cc21. The maximum atomic E-state index is 13.1. The number of pyridine rings is 1. The number of aromatic carboxylic acids is 1. The summed E-state index contributed by atoms with van der Waals surface area (Å²) in [5, 5.41) is 12.0. The Hall–Kier alpha value is -3.42. The summed E-state index contributed by atoms with van der Waals surface area (Å²) in [5.41, 5.74) is 0.837. The van der Waals surface area contributed by atoms with Crippen LogP contribution in [-0.2, 0) is 11.3 Å². The van der Waals surface area contributed by atoms with Gasteiger partial charge < -0.3 is 10.4 Å². The molecule has 1 aromatic carbocycles. The standard InChI is InChI=1S/C20H20N4O4/c1-12(18(25)22-17-4-2-3-9-21-17)24-16-10-14(19(26)27)7-8-15(16)23(20(24)28)11-13-5-6-13/h2-4,7-10,12-13H,5-6,11H2,1H3,(H,26,27)(H,21,22,25)/t12-/m1/s1. The molecule has 1 fully saturated rings. The van der Waals surface area contributed by atoms with E-state index in [1.54, 1.807) is 42.0 Å². The summed E-state index contributed by atoms with van der Waals surface area (Å²) in [6.45, 7) is 2.19. The third-order valence-corrected chi connectivity index (χ3v) is 5.03. The first-order valence-corrected chi connectivity index (χ1v) is 9.15. The van der Waals surface area contributed by atoms with Crippen molar-refractivity contribution in [3.05, 3.63) is 58.6 Å². The van der Waals surface area contributed by atoms with Crippen LogP contribution in [0.1, 0.15) is 36.2 Å². The molecule has 1 amide bonds. The van der Waals surface area contributed by atoms with Gasteiger partial charge in [-0.2, -0.15) is 0 Å². The van der Waals surface area contributed by atoms with Gasteiger partial charge in [-0.25, -0.2) is 14.6 Å². The number of hydrogen-bond acceptors (Lipinski definition) is 4. The number of carboxylic acid groups (broad SMARTS) is 1. The predicted molar refractivity (Wildman–Crippen MR) is 103 cm³/mol. The van der Waals surface area contributed by atoms with E-state index in [2.05, 4.69) is 10.3 Å². The van der Waals surface area contributed by atoms with Gasteiger partial charge in [0.1, 0.15) is 11.9 Å². The van der Waals surface area contributed by atoms with Crippen molar-refractivity contribution >= 4 is 28.7 Å². The predicted octanol–water partition coefficient (Wildman–Crippen LogP) is 2.51. The molecule has 2 heterocycles. The van der Waals surface area contributed by atoms with Crippen molar-refractivity contribution in [2.75, 3.05) is 5.32 Å². The molecule has 0 aliphatic heterocycles. The van der Waals surface area contributed by atoms with Crippen molar-refractivity contribution in [1.82, 2.24) is 14.1 Å². The average molecular weight is 380 g/mol. The summed E-state index contributed by atoms with van der Waals surface area (Å²) >= 11 is 0. The number of rotatable bonds is 6. The van der Waals surface area contributed by atoms with E-state index < -0.39 is 17.9 Å². The Bertz CT molecular complexity index is 1110. The normalized spacial score (nSPS) is 14.8. The van der Waals surface area contributed by atoms with E-state index in [1.165, 1.54) is 16.7 Å². The quantitative estimate of drug-likeness (QED) is 0.683. The van der Waals surface area contributed by atoms with Crippen molar-refractivity contribution < 1.29 is 14.7 Å². The third-order valence-electron chi connectivity index (χ3n) is 5.03. The Morgan fingerprint density at radius 3 is 2.68 bits per heavy atom. The van der Waals surface area contributed by atoms with Crippen LogP contribution in [0.4, 0.5) is 5.82 Å². The molecule has 8 nitrogen and oxygen atoms in total. The molecule has 8 heteroatoms. The number of benzene rings is 1. The molecule has 2 N–H and O–H groups in total. The van der Waals surface area contributed by atoms with Crippen LogP contribution in [0.15, 0.2) is 47.4 Å². The molecule has 2 aromatic heterocycles. The number of imidazole rings is 1. The first-order chi connectivity index (χ1) is 13.5. The summed E-state index contributed by atoms with van der Waals surface area (Å²) in [6, 6.07) is 8.89. The lowest BCUT2D eigenvalue weighted by Gasteiger charge is -2.13. The number of nitrogens with zero attached hydrogens (tertiary/aromatic N) is 3. The van der Waals surface area contributed by atoms with Gasteiger partial charge in [0, 0.05) is 12.7 Å². The fourth-order valence-electron chi connectivity index (χ4n) is 3.31. The van der Waals surface area contributed by atoms with E-state index in [0.717, 1.165) is 12.8 Å². The fraction of sp³-hybridized carbons (Fsp3) is 0.300. The summed E-state index contributed by atoms with van der Waals surface area (Å²) < 4.78 is 3.01. The van der Waals surface area contributed by atoms with Crippen LogP contribution >= 0.6 is 0 Å². The smallest absolute Gasteiger partial charge is 0.335 e. The topological polar surface area (TPSA) is 106 Å². The zero-order chi connectivity index (χ0) is 19.8. The molecule has 0 bridgehead atoms. The zero-order valence-electron chi connectivity index (χ0n) is 15.3. The highest BCUT2D eigenvalue weighted by molar-refractivity contribution is 5.95. The van der Waals surface area contributed by atoms with E-state index in [-0.39, 0.29) is 11.3 Å². The van der Waals surface area contributed by atoms with Crippen LogP contribution in [0.2, 0.25) is 0 Å². The Balaban J connectivity index is 1.78. The average Bonchev–Trinajstić information content (AvgIpc) is 3.46. The molecule has 0 saturated heterocycles. The minimum absolute atomic E-state index is 0.0714. The highest BCUT2D eigenvalue weighted by Gasteiger charge is 2.28. The first kappa shape index (κ1) is 18.0. The fourth-order valence-corrected chi connectivity index (χ4v) is 3.31. The summed E-state index contributed by atoms with van der Waals surface area (Å²) in [7, 11) is 0. The van der Waals surface area contributed by atoms with Crippen LogP contribution < -0.4 is 11.0 Å². The summed E-state index contributed by atoms with van der Waals surface area (Å²) in [6.07, 6.45) is 3.71. The molecule has 1 saturated carbocycles. The molecular formula is C20H20N4O4. The lowest BCUT2D eigenvalue weighted by Crippen LogP contribution is -2.33. The van der Waals surface area contributed by atoms with Crippen LogP contribution in [0.5, 0.6) is 0 Å². The van der Waals surface area contributed by atoms with Crippen molar-refractivity contribution in [1.29, 1.82) is 0 Å². The highest BCUT2D eigenvalue weighted by atomic mass is 16.4. The van der Waals surface area contributed by atoms with Crippen LogP contribution in [0, 0.1) is 5.92 Å². The zero-order valence-corrected chi connectivity index (χ0v) is 15.3. The lowest BCUT2D eigenvalue weighted by atomic mass is 10.2. The van der Waals surface area contributed by atoms with Crippen LogP contribution in [0.25, 0.3) is 11.0 Å². The summed E-state index contributed by atoms with van der Waals surface area (Å²) in [5.74, 6) is -0.637. The molecule has 0 spiro atoms. The Kier molecular flexibility index (Phi) is 4.46. The van der Waals surface area contributed by atoms with Crippen LogP contribution in [0.3, 0.4) is 0 Å². The minimum Gasteiger partial charge on any atom is -0.478 e. The largest absolute Gasteiger partial charge is 0.478 e. The van der Waals surface area contributed by atoms with Gasteiger partial charge in [0.15, 0.2) is 0 Å². The molecular weight excluding hydrogens is 360 g/mol. The molecule has 0 unspecified atom stereocenters. The molecule has 144 valence electrons. The first-order valence-electron chi connectivity index (χ1n) is 9.15.